The maximum Gasteiger partial charge on any atom is 0.224 e. The second-order valence-electron chi connectivity index (χ2n) is 5.09. The number of hydrogen-bond donors (Lipinski definition) is 0. The van der Waals surface area contributed by atoms with Crippen LogP contribution in [0.15, 0.2) is 55.3 Å². The Kier molecular flexibility index (Phi) is 4.93. The number of nitrogens with zero attached hydrogens (tertiary/aromatic N) is 4. The molecule has 2 rings (SSSR count). The maximum atomic E-state index is 4.37. The summed E-state index contributed by atoms with van der Waals surface area (Å²) in [6.45, 7) is 6.02. The van der Waals surface area contributed by atoms with E-state index >= 15 is 0 Å². The Bertz CT molecular complexity index is 579. The molecule has 4 nitrogen and oxygen atoms in total. The Morgan fingerprint density at radius 1 is 1.29 bits per heavy atom. The van der Waals surface area contributed by atoms with Gasteiger partial charge in [-0.2, -0.15) is 0 Å². The van der Waals surface area contributed by atoms with E-state index in [2.05, 4.69) is 41.7 Å². The minimum Gasteiger partial charge on any atom is -0.347 e. The van der Waals surface area contributed by atoms with E-state index in [-0.39, 0.29) is 0 Å². The molecule has 0 bridgehead atoms. The molecule has 1 aliphatic heterocycles. The first-order valence-corrected chi connectivity index (χ1v) is 7.16. The van der Waals surface area contributed by atoms with E-state index in [0.717, 1.165) is 29.7 Å². The summed E-state index contributed by atoms with van der Waals surface area (Å²) in [5.74, 6) is 0.716. The van der Waals surface area contributed by atoms with Gasteiger partial charge in [0.05, 0.1) is 0 Å². The molecule has 0 aromatic carbocycles. The number of allylic oxidation sites excluding steroid dienone is 4. The van der Waals surface area contributed by atoms with Gasteiger partial charge < -0.3 is 9.80 Å². The van der Waals surface area contributed by atoms with Crippen molar-refractivity contribution < 1.29 is 0 Å². The number of anilines is 1. The molecule has 4 heteroatoms. The Labute approximate surface area is 126 Å². The van der Waals surface area contributed by atoms with Crippen molar-refractivity contribution in [2.75, 3.05) is 19.0 Å². The van der Waals surface area contributed by atoms with Gasteiger partial charge in [-0.1, -0.05) is 26.0 Å². The van der Waals surface area contributed by atoms with Crippen molar-refractivity contribution >= 4 is 11.5 Å². The van der Waals surface area contributed by atoms with Crippen molar-refractivity contribution in [3.8, 4) is 0 Å². The van der Waals surface area contributed by atoms with Crippen LogP contribution in [0.2, 0.25) is 0 Å². The quantitative estimate of drug-likeness (QED) is 0.826. The molecule has 1 aromatic rings. The van der Waals surface area contributed by atoms with Gasteiger partial charge in [0.25, 0.3) is 0 Å². The number of unbranched alkanes of at least 4 members (excludes halogenated alkanes) is 1. The largest absolute Gasteiger partial charge is 0.347 e. The van der Waals surface area contributed by atoms with Crippen LogP contribution in [0.3, 0.4) is 0 Å². The van der Waals surface area contributed by atoms with Crippen LogP contribution < -0.4 is 4.90 Å². The van der Waals surface area contributed by atoms with Crippen molar-refractivity contribution in [1.29, 1.82) is 0 Å². The Balaban J connectivity index is 2.28. The molecule has 0 atom stereocenters. The minimum absolute atomic E-state index is 0.716. The summed E-state index contributed by atoms with van der Waals surface area (Å²) in [5.41, 5.74) is 3.27. The standard InChI is InChI=1S/C17H22N4/c1-5-7-8-16-11-14(9-10-21(16)6-2)15-12-18-17(19-13-15)20(3)4/h6,8-13H,2,5,7H2,1,3-4H3/b16-8+. The second kappa shape index (κ2) is 6.88. The zero-order valence-electron chi connectivity index (χ0n) is 13.0. The molecular formula is C17H22N4. The fourth-order valence-electron chi connectivity index (χ4n) is 2.03. The molecule has 0 unspecified atom stereocenters. The third kappa shape index (κ3) is 3.60. The molecule has 1 aliphatic rings. The summed E-state index contributed by atoms with van der Waals surface area (Å²) in [7, 11) is 3.87. The van der Waals surface area contributed by atoms with Crippen LogP contribution in [0.5, 0.6) is 0 Å². The summed E-state index contributed by atoms with van der Waals surface area (Å²) in [6.07, 6.45) is 16.2. The third-order valence-corrected chi connectivity index (χ3v) is 3.23. The Hall–Kier alpha value is -2.36. The van der Waals surface area contributed by atoms with Gasteiger partial charge in [-0.25, -0.2) is 9.97 Å². The monoisotopic (exact) mass is 282 g/mol. The van der Waals surface area contributed by atoms with Crippen LogP contribution in [-0.4, -0.2) is 29.0 Å². The SMILES string of the molecule is C=CN1C=CC(c2cnc(N(C)C)nc2)=C/C1=C\CCC. The summed E-state index contributed by atoms with van der Waals surface area (Å²) < 4.78 is 0. The predicted octanol–water partition coefficient (Wildman–Crippen LogP) is 3.58. The van der Waals surface area contributed by atoms with Crippen molar-refractivity contribution in [3.63, 3.8) is 0 Å². The van der Waals surface area contributed by atoms with E-state index in [1.807, 2.05) is 48.7 Å². The second-order valence-corrected chi connectivity index (χ2v) is 5.09. The lowest BCUT2D eigenvalue weighted by Crippen LogP contribution is -2.13. The van der Waals surface area contributed by atoms with E-state index in [9.17, 15) is 0 Å². The van der Waals surface area contributed by atoms with Crippen molar-refractivity contribution in [1.82, 2.24) is 14.9 Å². The first-order valence-electron chi connectivity index (χ1n) is 7.16. The molecule has 0 N–H and O–H groups in total. The van der Waals surface area contributed by atoms with Crippen molar-refractivity contribution in [2.45, 2.75) is 19.8 Å². The Morgan fingerprint density at radius 2 is 2.00 bits per heavy atom. The zero-order valence-corrected chi connectivity index (χ0v) is 13.0. The molecule has 21 heavy (non-hydrogen) atoms. The molecule has 0 spiro atoms. The van der Waals surface area contributed by atoms with Gasteiger partial charge in [-0.3, -0.25) is 0 Å². The van der Waals surface area contributed by atoms with Gasteiger partial charge in [0.2, 0.25) is 5.95 Å². The average Bonchev–Trinajstić information content (AvgIpc) is 2.52. The maximum absolute atomic E-state index is 4.37. The van der Waals surface area contributed by atoms with E-state index in [1.165, 1.54) is 0 Å². The lowest BCUT2D eigenvalue weighted by atomic mass is 10.0. The summed E-state index contributed by atoms with van der Waals surface area (Å²) in [4.78, 5) is 12.6. The van der Waals surface area contributed by atoms with Gasteiger partial charge in [0.15, 0.2) is 0 Å². The number of rotatable bonds is 5. The third-order valence-electron chi connectivity index (χ3n) is 3.23. The smallest absolute Gasteiger partial charge is 0.224 e. The molecule has 0 amide bonds. The van der Waals surface area contributed by atoms with Gasteiger partial charge >= 0.3 is 0 Å². The van der Waals surface area contributed by atoms with Gasteiger partial charge in [0.1, 0.15) is 0 Å². The zero-order chi connectivity index (χ0) is 15.2. The molecule has 0 radical (unpaired) electrons. The highest BCUT2D eigenvalue weighted by molar-refractivity contribution is 5.76. The van der Waals surface area contributed by atoms with E-state index in [4.69, 9.17) is 0 Å². The topological polar surface area (TPSA) is 32.3 Å². The number of aromatic nitrogens is 2. The van der Waals surface area contributed by atoms with Crippen LogP contribution >= 0.6 is 0 Å². The van der Waals surface area contributed by atoms with E-state index < -0.39 is 0 Å². The van der Waals surface area contributed by atoms with Gasteiger partial charge in [-0.05, 0) is 24.1 Å². The van der Waals surface area contributed by atoms with Crippen LogP contribution in [0.1, 0.15) is 25.3 Å². The van der Waals surface area contributed by atoms with Gasteiger partial charge in [-0.15, -0.1) is 0 Å². The van der Waals surface area contributed by atoms with Crippen LogP contribution in [-0.2, 0) is 0 Å². The first-order chi connectivity index (χ1) is 10.2. The summed E-state index contributed by atoms with van der Waals surface area (Å²) >= 11 is 0. The molecular weight excluding hydrogens is 260 g/mol. The van der Waals surface area contributed by atoms with Gasteiger partial charge in [0, 0.05) is 50.1 Å². The minimum atomic E-state index is 0.716. The Morgan fingerprint density at radius 3 is 2.57 bits per heavy atom. The molecule has 0 saturated carbocycles. The molecule has 2 heterocycles. The summed E-state index contributed by atoms with van der Waals surface area (Å²) in [5, 5.41) is 0. The number of hydrogen-bond acceptors (Lipinski definition) is 4. The molecule has 1 aromatic heterocycles. The highest BCUT2D eigenvalue weighted by Gasteiger charge is 2.10. The van der Waals surface area contributed by atoms with Crippen LogP contribution in [0.4, 0.5) is 5.95 Å². The van der Waals surface area contributed by atoms with E-state index in [1.54, 1.807) is 0 Å². The lowest BCUT2D eigenvalue weighted by molar-refractivity contribution is 0.643. The van der Waals surface area contributed by atoms with Crippen molar-refractivity contribution in [2.24, 2.45) is 0 Å². The predicted molar refractivity (Wildman–Crippen MR) is 88.5 cm³/mol. The lowest BCUT2D eigenvalue weighted by Gasteiger charge is -2.22. The molecule has 0 fully saturated rings. The molecule has 0 aliphatic carbocycles. The first kappa shape index (κ1) is 15.0. The fourth-order valence-corrected chi connectivity index (χ4v) is 2.03. The van der Waals surface area contributed by atoms with Crippen molar-refractivity contribution in [3.05, 3.63) is 60.9 Å². The van der Waals surface area contributed by atoms with Crippen LogP contribution in [0, 0.1) is 0 Å². The molecule has 0 saturated heterocycles. The highest BCUT2D eigenvalue weighted by atomic mass is 15.2. The summed E-state index contributed by atoms with van der Waals surface area (Å²) in [6, 6.07) is 0. The normalized spacial score (nSPS) is 16.0. The van der Waals surface area contributed by atoms with Crippen LogP contribution in [0.25, 0.3) is 5.57 Å². The molecule has 110 valence electrons. The van der Waals surface area contributed by atoms with E-state index in [0.29, 0.717) is 5.95 Å². The average molecular weight is 282 g/mol. The fraction of sp³-hybridized carbons (Fsp3) is 0.294. The highest BCUT2D eigenvalue weighted by Crippen LogP contribution is 2.25.